The Morgan fingerprint density at radius 1 is 0.764 bits per heavy atom. The van der Waals surface area contributed by atoms with Gasteiger partial charge in [0.2, 0.25) is 0 Å². The molecule has 0 spiro atoms. The summed E-state index contributed by atoms with van der Waals surface area (Å²) in [7, 11) is 5.86. The van der Waals surface area contributed by atoms with Crippen molar-refractivity contribution in [2.45, 2.75) is 166 Å². The van der Waals surface area contributed by atoms with Crippen molar-refractivity contribution in [3.05, 3.63) is 97.0 Å². The zero-order valence-electron chi connectivity index (χ0n) is 38.4. The number of hydrogen-bond acceptors (Lipinski definition) is 5. The van der Waals surface area contributed by atoms with Crippen LogP contribution in [0.2, 0.25) is 0 Å². The van der Waals surface area contributed by atoms with E-state index >= 15 is 0 Å². The number of hydrogen-bond donors (Lipinski definition) is 4. The van der Waals surface area contributed by atoms with Gasteiger partial charge in [-0.3, -0.25) is 0 Å². The molecule has 0 heterocycles. The van der Waals surface area contributed by atoms with E-state index in [1.165, 1.54) is 16.7 Å². The lowest BCUT2D eigenvalue weighted by Gasteiger charge is -2.66. The quantitative estimate of drug-likeness (QED) is 0.0128. The molecule has 6 heteroatoms. The van der Waals surface area contributed by atoms with Crippen molar-refractivity contribution < 1.29 is 0 Å². The molecule has 0 aliphatic rings. The molecule has 0 bridgehead atoms. The van der Waals surface area contributed by atoms with Crippen molar-refractivity contribution in [2.24, 2.45) is 44.1 Å². The van der Waals surface area contributed by atoms with Crippen LogP contribution in [0, 0.1) is 32.5 Å². The Bertz CT molecular complexity index is 1380. The fraction of sp³-hybridized carbons (Fsp3) is 0.673. The van der Waals surface area contributed by atoms with Gasteiger partial charge in [0, 0.05) is 35.9 Å². The number of nitrogens with two attached hydrogens (primary N) is 2. The van der Waals surface area contributed by atoms with Gasteiger partial charge in [0.15, 0.2) is 0 Å². The van der Waals surface area contributed by atoms with Crippen LogP contribution >= 0.6 is 12.6 Å². The van der Waals surface area contributed by atoms with Crippen LogP contribution in [0.5, 0.6) is 0 Å². The Hall–Kier alpha value is -2.31. The third-order valence-electron chi connectivity index (χ3n) is 13.6. The summed E-state index contributed by atoms with van der Waals surface area (Å²) >= 11 is 4.59. The first-order valence-electron chi connectivity index (χ1n) is 20.8. The van der Waals surface area contributed by atoms with Crippen LogP contribution < -0.4 is 16.9 Å². The molecule has 0 aromatic heterocycles. The molecule has 0 saturated carbocycles. The highest BCUT2D eigenvalue weighted by atomic mass is 32.1. The molecule has 0 aliphatic carbocycles. The molecular formula is C49H87BN4S. The van der Waals surface area contributed by atoms with Gasteiger partial charge in [0.25, 0.3) is 0 Å². The number of thiol groups is 1. The Morgan fingerprint density at radius 3 is 1.78 bits per heavy atom. The summed E-state index contributed by atoms with van der Waals surface area (Å²) in [5.41, 5.74) is 13.0. The predicted octanol–water partition coefficient (Wildman–Crippen LogP) is 13.3. The lowest BCUT2D eigenvalue weighted by atomic mass is 9.38. The van der Waals surface area contributed by atoms with E-state index in [9.17, 15) is 0 Å². The van der Waals surface area contributed by atoms with Gasteiger partial charge in [0.1, 0.15) is 7.85 Å². The van der Waals surface area contributed by atoms with E-state index in [1.807, 2.05) is 12.3 Å². The predicted molar refractivity (Wildman–Crippen MR) is 253 cm³/mol. The van der Waals surface area contributed by atoms with Crippen LogP contribution in [0.3, 0.4) is 0 Å². The maximum absolute atomic E-state index is 6.41. The second-order valence-electron chi connectivity index (χ2n) is 20.1. The van der Waals surface area contributed by atoms with Crippen molar-refractivity contribution in [1.29, 1.82) is 0 Å². The minimum atomic E-state index is -0.170. The average Bonchev–Trinajstić information content (AvgIpc) is 3.04. The highest BCUT2D eigenvalue weighted by Crippen LogP contribution is 2.69. The maximum Gasteiger partial charge on any atom is 0.113 e. The molecule has 2 radical (unpaired) electrons. The molecule has 0 amide bonds. The summed E-state index contributed by atoms with van der Waals surface area (Å²) in [6, 6.07) is 0. The van der Waals surface area contributed by atoms with Gasteiger partial charge < -0.3 is 16.1 Å². The van der Waals surface area contributed by atoms with E-state index in [0.717, 1.165) is 94.1 Å². The molecule has 0 aromatic rings. The third kappa shape index (κ3) is 15.2. The number of nitrogens with one attached hydrogen (secondary N) is 1. The van der Waals surface area contributed by atoms with Gasteiger partial charge in [-0.05, 0) is 116 Å². The van der Waals surface area contributed by atoms with Crippen molar-refractivity contribution >= 4 is 20.5 Å². The summed E-state index contributed by atoms with van der Waals surface area (Å²) in [5, 5.41) is 5.29. The number of hydrazine groups is 1. The van der Waals surface area contributed by atoms with Gasteiger partial charge in [0.05, 0.1) is 0 Å². The SMILES string of the molecule is [B]C(=C)/C(=C\C=C)CNC(=C)CCC/C(N)=C/N(N)CCCCC(=C)C(C)(C(C)(C)C)C(C)(C)C(C)(C)C(C)(CC(C)(C)C)C(=C)CCCCC(=C)C(C)S. The minimum absolute atomic E-state index is 0.0275. The van der Waals surface area contributed by atoms with Crippen LogP contribution in [-0.2, 0) is 0 Å². The fourth-order valence-electron chi connectivity index (χ4n) is 8.71. The van der Waals surface area contributed by atoms with Gasteiger partial charge >= 0.3 is 0 Å². The van der Waals surface area contributed by atoms with Gasteiger partial charge in [-0.1, -0.05) is 150 Å². The second-order valence-corrected chi connectivity index (χ2v) is 20.9. The average molecular weight is 775 g/mol. The topological polar surface area (TPSA) is 67.3 Å². The largest absolute Gasteiger partial charge is 0.401 e. The van der Waals surface area contributed by atoms with Gasteiger partial charge in [-0.25, -0.2) is 5.84 Å². The molecule has 312 valence electrons. The van der Waals surface area contributed by atoms with Crippen LogP contribution in [0.4, 0.5) is 0 Å². The first kappa shape index (κ1) is 52.7. The Kier molecular flexibility index (Phi) is 21.1. The van der Waals surface area contributed by atoms with Crippen LogP contribution in [0.1, 0.15) is 161 Å². The first-order chi connectivity index (χ1) is 24.9. The number of unbranched alkanes of at least 4 members (excludes halogenated alkanes) is 2. The molecule has 0 fully saturated rings. The van der Waals surface area contributed by atoms with E-state index in [-0.39, 0.29) is 37.7 Å². The monoisotopic (exact) mass is 775 g/mol. The number of allylic oxidation sites excluding steroid dienone is 6. The lowest BCUT2D eigenvalue weighted by molar-refractivity contribution is -0.131. The normalized spacial score (nSPS) is 16.1. The molecule has 5 N–H and O–H groups in total. The highest BCUT2D eigenvalue weighted by Gasteiger charge is 2.62. The zero-order valence-corrected chi connectivity index (χ0v) is 39.3. The van der Waals surface area contributed by atoms with Crippen molar-refractivity contribution in [1.82, 2.24) is 10.3 Å². The molecule has 55 heavy (non-hydrogen) atoms. The van der Waals surface area contributed by atoms with E-state index in [0.29, 0.717) is 12.0 Å². The Labute approximate surface area is 349 Å². The number of nitrogens with zero attached hydrogens (tertiary/aromatic N) is 1. The van der Waals surface area contributed by atoms with Crippen molar-refractivity contribution in [2.75, 3.05) is 13.1 Å². The van der Waals surface area contributed by atoms with E-state index in [2.05, 4.69) is 134 Å². The summed E-state index contributed by atoms with van der Waals surface area (Å²) in [6.45, 7) is 58.4. The summed E-state index contributed by atoms with van der Waals surface area (Å²) in [4.78, 5) is 0. The van der Waals surface area contributed by atoms with Crippen molar-refractivity contribution in [3.63, 3.8) is 0 Å². The molecule has 0 saturated heterocycles. The van der Waals surface area contributed by atoms with Crippen LogP contribution in [0.15, 0.2) is 97.0 Å². The van der Waals surface area contributed by atoms with Gasteiger partial charge in [-0.2, -0.15) is 12.6 Å². The highest BCUT2D eigenvalue weighted by molar-refractivity contribution is 7.81. The molecule has 3 unspecified atom stereocenters. The second kappa shape index (κ2) is 22.0. The summed E-state index contributed by atoms with van der Waals surface area (Å²) < 4.78 is 0. The molecule has 4 nitrogen and oxygen atoms in total. The Morgan fingerprint density at radius 2 is 1.29 bits per heavy atom. The maximum atomic E-state index is 6.41. The molecule has 0 aliphatic heterocycles. The molecular weight excluding hydrogens is 687 g/mol. The molecule has 0 rings (SSSR count). The van der Waals surface area contributed by atoms with E-state index in [1.54, 1.807) is 11.1 Å². The minimum Gasteiger partial charge on any atom is -0.401 e. The first-order valence-corrected chi connectivity index (χ1v) is 21.3. The molecule has 3 atom stereocenters. The van der Waals surface area contributed by atoms with E-state index < -0.39 is 0 Å². The van der Waals surface area contributed by atoms with Crippen LogP contribution in [-0.4, -0.2) is 31.2 Å². The van der Waals surface area contributed by atoms with Crippen molar-refractivity contribution in [3.8, 4) is 0 Å². The fourth-order valence-corrected chi connectivity index (χ4v) is 8.84. The van der Waals surface area contributed by atoms with Crippen LogP contribution in [0.25, 0.3) is 0 Å². The number of rotatable bonds is 27. The van der Waals surface area contributed by atoms with Gasteiger partial charge in [-0.15, -0.1) is 6.58 Å². The lowest BCUT2D eigenvalue weighted by Crippen LogP contribution is -2.59. The third-order valence-corrected chi connectivity index (χ3v) is 13.9. The standard InChI is InChI=1S/C49H87BN4S/c1-20-26-42(40(6)50)33-53-39(5)30-25-31-43(51)34-54(52)32-24-23-29-38(4)49(19,45(11,12)13)47(16,17)46(14,15)48(18,35-44(8,9)10)37(3)28-22-21-27-36(2)41(7)55/h20,26,34,41,53,55H,1-6,21-25,27-33,35,51-52H2,7-19H3/b42-26-,43-34-. The Balaban J connectivity index is 5.78. The zero-order chi connectivity index (χ0) is 43.2. The van der Waals surface area contributed by atoms with E-state index in [4.69, 9.17) is 32.6 Å². The summed E-state index contributed by atoms with van der Waals surface area (Å²) in [6.07, 6.45) is 16.1. The summed E-state index contributed by atoms with van der Waals surface area (Å²) in [5.74, 6) is 6.41. The molecule has 0 aromatic carbocycles. The smallest absolute Gasteiger partial charge is 0.113 e.